The minimum Gasteiger partial charge on any atom is -0.383 e. The van der Waals surface area contributed by atoms with E-state index in [-0.39, 0.29) is 0 Å². The molecule has 0 fully saturated rings. The first kappa shape index (κ1) is 8.40. The lowest BCUT2D eigenvalue weighted by atomic mass is 10.5. The van der Waals surface area contributed by atoms with Crippen molar-refractivity contribution in [2.24, 2.45) is 0 Å². The summed E-state index contributed by atoms with van der Waals surface area (Å²) in [6.07, 6.45) is 2.88. The quantitative estimate of drug-likeness (QED) is 0.703. The molecule has 1 aromatic rings. The zero-order chi connectivity index (χ0) is 8.10. The van der Waals surface area contributed by atoms with E-state index < -0.39 is 0 Å². The molecule has 0 radical (unpaired) electrons. The minimum absolute atomic E-state index is 0.644. The second-order valence-corrected chi connectivity index (χ2v) is 3.37. The number of nitrogens with zero attached hydrogens (tertiary/aromatic N) is 1. The Hall–Kier alpha value is -0.700. The Labute approximate surface area is 71.2 Å². The van der Waals surface area contributed by atoms with Gasteiger partial charge in [0.2, 0.25) is 0 Å². The maximum atomic E-state index is 5.63. The van der Waals surface area contributed by atoms with Gasteiger partial charge in [0.15, 0.2) is 0 Å². The Kier molecular flexibility index (Phi) is 3.23. The molecule has 2 N–H and O–H groups in total. The van der Waals surface area contributed by atoms with Crippen LogP contribution in [0.2, 0.25) is 0 Å². The van der Waals surface area contributed by atoms with Crippen molar-refractivity contribution in [3.63, 3.8) is 0 Å². The third-order valence-electron chi connectivity index (χ3n) is 1.26. The number of hydrogen-bond donors (Lipinski definition) is 1. The Balaban J connectivity index is 2.62. The first-order valence-electron chi connectivity index (χ1n) is 3.68. The smallest absolute Gasteiger partial charge is 0.137 e. The molecule has 60 valence electrons. The van der Waals surface area contributed by atoms with Crippen LogP contribution in [0.3, 0.4) is 0 Å². The third kappa shape index (κ3) is 2.42. The number of aromatic nitrogens is 1. The van der Waals surface area contributed by atoms with Gasteiger partial charge in [-0.05, 0) is 24.3 Å². The van der Waals surface area contributed by atoms with Crippen LogP contribution in [0.25, 0.3) is 0 Å². The van der Waals surface area contributed by atoms with Gasteiger partial charge in [0.25, 0.3) is 0 Å². The molecule has 0 aliphatic rings. The largest absolute Gasteiger partial charge is 0.383 e. The van der Waals surface area contributed by atoms with Gasteiger partial charge in [0.1, 0.15) is 5.82 Å². The molecule has 3 heteroatoms. The van der Waals surface area contributed by atoms with E-state index in [1.165, 1.54) is 6.42 Å². The molecule has 0 atom stereocenters. The molecule has 1 rings (SSSR count). The molecule has 0 spiro atoms. The van der Waals surface area contributed by atoms with Crippen LogP contribution in [-0.4, -0.2) is 10.7 Å². The molecule has 1 aromatic heterocycles. The van der Waals surface area contributed by atoms with E-state index in [1.54, 1.807) is 18.0 Å². The van der Waals surface area contributed by atoms with E-state index in [4.69, 9.17) is 5.73 Å². The Morgan fingerprint density at radius 1 is 1.64 bits per heavy atom. The fourth-order valence-corrected chi connectivity index (χ4v) is 1.54. The van der Waals surface area contributed by atoms with Crippen molar-refractivity contribution in [2.75, 3.05) is 11.5 Å². The van der Waals surface area contributed by atoms with Crippen molar-refractivity contribution in [1.82, 2.24) is 4.98 Å². The summed E-state index contributed by atoms with van der Waals surface area (Å²) in [6.45, 7) is 2.15. The highest BCUT2D eigenvalue weighted by Crippen LogP contribution is 2.22. The molecular formula is C8H12N2S. The molecule has 1 heterocycles. The number of anilines is 1. The Morgan fingerprint density at radius 2 is 2.45 bits per heavy atom. The highest BCUT2D eigenvalue weighted by Gasteiger charge is 1.96. The lowest BCUT2D eigenvalue weighted by Crippen LogP contribution is -1.91. The van der Waals surface area contributed by atoms with Gasteiger partial charge in [-0.15, -0.1) is 11.8 Å². The highest BCUT2D eigenvalue weighted by atomic mass is 32.2. The standard InChI is InChI=1S/C8H12N2S/c1-2-6-11-7-4-3-5-10-8(7)9/h3-5H,2,6H2,1H3,(H2,9,10). The summed E-state index contributed by atoms with van der Waals surface area (Å²) in [5.74, 6) is 1.75. The van der Waals surface area contributed by atoms with Crippen LogP contribution in [-0.2, 0) is 0 Å². The number of nitrogens with two attached hydrogens (primary N) is 1. The van der Waals surface area contributed by atoms with Crippen molar-refractivity contribution < 1.29 is 0 Å². The van der Waals surface area contributed by atoms with Crippen molar-refractivity contribution in [3.8, 4) is 0 Å². The zero-order valence-electron chi connectivity index (χ0n) is 6.58. The first-order valence-corrected chi connectivity index (χ1v) is 4.66. The lowest BCUT2D eigenvalue weighted by molar-refractivity contribution is 1.10. The number of pyridine rings is 1. The zero-order valence-corrected chi connectivity index (χ0v) is 7.40. The van der Waals surface area contributed by atoms with E-state index in [9.17, 15) is 0 Å². The highest BCUT2D eigenvalue weighted by molar-refractivity contribution is 7.99. The molecule has 11 heavy (non-hydrogen) atoms. The first-order chi connectivity index (χ1) is 5.34. The van der Waals surface area contributed by atoms with Gasteiger partial charge in [-0.2, -0.15) is 0 Å². The van der Waals surface area contributed by atoms with E-state index in [0.29, 0.717) is 5.82 Å². The van der Waals surface area contributed by atoms with Gasteiger partial charge < -0.3 is 5.73 Å². The fourth-order valence-electron chi connectivity index (χ4n) is 0.737. The summed E-state index contributed by atoms with van der Waals surface area (Å²) in [5, 5.41) is 0. The Morgan fingerprint density at radius 3 is 3.09 bits per heavy atom. The maximum absolute atomic E-state index is 5.63. The SMILES string of the molecule is CCCSc1cccnc1N. The molecule has 0 saturated heterocycles. The molecule has 2 nitrogen and oxygen atoms in total. The number of nitrogen functional groups attached to an aromatic ring is 1. The van der Waals surface area contributed by atoms with Gasteiger partial charge in [-0.3, -0.25) is 0 Å². The average molecular weight is 168 g/mol. The van der Waals surface area contributed by atoms with Crippen LogP contribution in [0.5, 0.6) is 0 Å². The van der Waals surface area contributed by atoms with Gasteiger partial charge in [-0.1, -0.05) is 6.92 Å². The van der Waals surface area contributed by atoms with E-state index >= 15 is 0 Å². The normalized spacial score (nSPS) is 9.91. The molecule has 0 aliphatic heterocycles. The maximum Gasteiger partial charge on any atom is 0.137 e. The second kappa shape index (κ2) is 4.23. The number of thioether (sulfide) groups is 1. The van der Waals surface area contributed by atoms with Crippen molar-refractivity contribution in [2.45, 2.75) is 18.2 Å². The number of rotatable bonds is 3. The topological polar surface area (TPSA) is 38.9 Å². The monoisotopic (exact) mass is 168 g/mol. The number of hydrogen-bond acceptors (Lipinski definition) is 3. The van der Waals surface area contributed by atoms with E-state index in [1.807, 2.05) is 12.1 Å². The van der Waals surface area contributed by atoms with E-state index in [0.717, 1.165) is 10.6 Å². The summed E-state index contributed by atoms with van der Waals surface area (Å²) in [5.41, 5.74) is 5.63. The molecule has 0 bridgehead atoms. The summed E-state index contributed by atoms with van der Waals surface area (Å²) < 4.78 is 0. The van der Waals surface area contributed by atoms with Gasteiger partial charge >= 0.3 is 0 Å². The van der Waals surface area contributed by atoms with Crippen LogP contribution in [0.4, 0.5) is 5.82 Å². The van der Waals surface area contributed by atoms with Gasteiger partial charge in [-0.25, -0.2) is 4.98 Å². The van der Waals surface area contributed by atoms with Crippen LogP contribution in [0.1, 0.15) is 13.3 Å². The summed E-state index contributed by atoms with van der Waals surface area (Å²) >= 11 is 1.76. The van der Waals surface area contributed by atoms with Gasteiger partial charge in [0, 0.05) is 11.1 Å². The predicted molar refractivity (Wildman–Crippen MR) is 49.7 cm³/mol. The summed E-state index contributed by atoms with van der Waals surface area (Å²) in [7, 11) is 0. The summed E-state index contributed by atoms with van der Waals surface area (Å²) in [4.78, 5) is 5.08. The van der Waals surface area contributed by atoms with Crippen LogP contribution >= 0.6 is 11.8 Å². The molecular weight excluding hydrogens is 156 g/mol. The van der Waals surface area contributed by atoms with E-state index in [2.05, 4.69) is 11.9 Å². The average Bonchev–Trinajstić information content (AvgIpc) is 2.03. The van der Waals surface area contributed by atoms with Crippen LogP contribution < -0.4 is 5.73 Å². The second-order valence-electron chi connectivity index (χ2n) is 2.24. The molecule has 0 saturated carbocycles. The predicted octanol–water partition coefficient (Wildman–Crippen LogP) is 2.17. The summed E-state index contributed by atoms with van der Waals surface area (Å²) in [6, 6.07) is 3.91. The van der Waals surface area contributed by atoms with Crippen LogP contribution in [0, 0.1) is 0 Å². The van der Waals surface area contributed by atoms with Gasteiger partial charge in [0.05, 0.1) is 0 Å². The van der Waals surface area contributed by atoms with Crippen molar-refractivity contribution in [3.05, 3.63) is 18.3 Å². The molecule has 0 aliphatic carbocycles. The lowest BCUT2D eigenvalue weighted by Gasteiger charge is -2.00. The molecule has 0 amide bonds. The van der Waals surface area contributed by atoms with Crippen molar-refractivity contribution >= 4 is 17.6 Å². The molecule has 0 aromatic carbocycles. The van der Waals surface area contributed by atoms with Crippen molar-refractivity contribution in [1.29, 1.82) is 0 Å². The van der Waals surface area contributed by atoms with Crippen LogP contribution in [0.15, 0.2) is 23.2 Å². The minimum atomic E-state index is 0.644. The Bertz CT molecular complexity index is 225. The fraction of sp³-hybridized carbons (Fsp3) is 0.375. The molecule has 0 unspecified atom stereocenters. The third-order valence-corrected chi connectivity index (χ3v) is 2.53.